The average Bonchev–Trinajstić information content (AvgIpc) is 2.54. The van der Waals surface area contributed by atoms with Crippen molar-refractivity contribution in [1.29, 1.82) is 0 Å². The molecule has 0 saturated heterocycles. The van der Waals surface area contributed by atoms with E-state index in [1.165, 1.54) is 0 Å². The van der Waals surface area contributed by atoms with Gasteiger partial charge in [-0.2, -0.15) is 0 Å². The number of nitrogens with one attached hydrogen (secondary N) is 2. The summed E-state index contributed by atoms with van der Waals surface area (Å²) in [5.41, 5.74) is 0.978. The van der Waals surface area contributed by atoms with E-state index < -0.39 is 0 Å². The van der Waals surface area contributed by atoms with Crippen molar-refractivity contribution in [1.82, 2.24) is 10.6 Å². The molecular formula is C15H24N2O5. The first-order valence-corrected chi connectivity index (χ1v) is 6.95. The fourth-order valence-electron chi connectivity index (χ4n) is 1.93. The minimum absolute atomic E-state index is 0.218. The van der Waals surface area contributed by atoms with Gasteiger partial charge in [0, 0.05) is 20.2 Å². The van der Waals surface area contributed by atoms with Gasteiger partial charge in [0.05, 0.1) is 27.9 Å². The van der Waals surface area contributed by atoms with Gasteiger partial charge >= 0.3 is 6.03 Å². The van der Waals surface area contributed by atoms with Crippen LogP contribution in [0.5, 0.6) is 17.2 Å². The standard InChI is InChI=1S/C15H24N2O5/c1-19-8-7-17-15(18)16-6-5-11-9-12(20-2)14(22-4)13(10-11)21-3/h9-10H,5-8H2,1-4H3,(H2,16,17,18). The minimum atomic E-state index is -0.218. The van der Waals surface area contributed by atoms with Crippen molar-refractivity contribution in [3.05, 3.63) is 17.7 Å². The lowest BCUT2D eigenvalue weighted by molar-refractivity contribution is 0.196. The molecule has 0 heterocycles. The summed E-state index contributed by atoms with van der Waals surface area (Å²) in [7, 11) is 6.29. The van der Waals surface area contributed by atoms with E-state index in [-0.39, 0.29) is 6.03 Å². The SMILES string of the molecule is COCCNC(=O)NCCc1cc(OC)c(OC)c(OC)c1. The topological polar surface area (TPSA) is 78.1 Å². The summed E-state index contributed by atoms with van der Waals surface area (Å²) in [5.74, 6) is 1.75. The largest absolute Gasteiger partial charge is 0.493 e. The maximum Gasteiger partial charge on any atom is 0.314 e. The quantitative estimate of drug-likeness (QED) is 0.670. The smallest absolute Gasteiger partial charge is 0.314 e. The Bertz CT molecular complexity index is 454. The summed E-state index contributed by atoms with van der Waals surface area (Å²) in [4.78, 5) is 11.5. The molecular weight excluding hydrogens is 288 g/mol. The van der Waals surface area contributed by atoms with Gasteiger partial charge in [0.25, 0.3) is 0 Å². The van der Waals surface area contributed by atoms with Gasteiger partial charge in [-0.3, -0.25) is 0 Å². The molecule has 2 amide bonds. The van der Waals surface area contributed by atoms with E-state index in [1.54, 1.807) is 28.4 Å². The van der Waals surface area contributed by atoms with Crippen LogP contribution in [0.4, 0.5) is 4.79 Å². The highest BCUT2D eigenvalue weighted by Gasteiger charge is 2.13. The Balaban J connectivity index is 2.57. The zero-order chi connectivity index (χ0) is 16.4. The molecule has 7 nitrogen and oxygen atoms in total. The van der Waals surface area contributed by atoms with Crippen LogP contribution in [0.1, 0.15) is 5.56 Å². The van der Waals surface area contributed by atoms with Crippen LogP contribution < -0.4 is 24.8 Å². The molecule has 124 valence electrons. The number of hydrogen-bond donors (Lipinski definition) is 2. The molecule has 0 fully saturated rings. The van der Waals surface area contributed by atoms with Gasteiger partial charge in [-0.25, -0.2) is 4.79 Å². The number of carbonyl (C=O) groups is 1. The lowest BCUT2D eigenvalue weighted by Gasteiger charge is -2.14. The van der Waals surface area contributed by atoms with Crippen LogP contribution in [0.2, 0.25) is 0 Å². The molecule has 1 rings (SSSR count). The first kappa shape index (κ1) is 17.9. The monoisotopic (exact) mass is 312 g/mol. The van der Waals surface area contributed by atoms with Crippen LogP contribution >= 0.6 is 0 Å². The van der Waals surface area contributed by atoms with E-state index in [2.05, 4.69) is 10.6 Å². The average molecular weight is 312 g/mol. The number of rotatable bonds is 9. The predicted octanol–water partition coefficient (Wildman–Crippen LogP) is 1.20. The third-order valence-corrected chi connectivity index (χ3v) is 3.02. The number of carbonyl (C=O) groups excluding carboxylic acids is 1. The van der Waals surface area contributed by atoms with Gasteiger partial charge < -0.3 is 29.6 Å². The Morgan fingerprint density at radius 2 is 1.55 bits per heavy atom. The van der Waals surface area contributed by atoms with Gasteiger partial charge in [0.2, 0.25) is 5.75 Å². The Hall–Kier alpha value is -2.15. The van der Waals surface area contributed by atoms with Crippen molar-refractivity contribution in [3.63, 3.8) is 0 Å². The van der Waals surface area contributed by atoms with Crippen molar-refractivity contribution in [2.75, 3.05) is 48.1 Å². The molecule has 2 N–H and O–H groups in total. The van der Waals surface area contributed by atoms with Crippen LogP contribution in [0.25, 0.3) is 0 Å². The van der Waals surface area contributed by atoms with Crippen LogP contribution in [-0.4, -0.2) is 54.2 Å². The Morgan fingerprint density at radius 3 is 2.05 bits per heavy atom. The minimum Gasteiger partial charge on any atom is -0.493 e. The maximum atomic E-state index is 11.5. The number of amides is 2. The van der Waals surface area contributed by atoms with E-state index in [4.69, 9.17) is 18.9 Å². The summed E-state index contributed by atoms with van der Waals surface area (Å²) in [6.07, 6.45) is 0.647. The molecule has 0 atom stereocenters. The van der Waals surface area contributed by atoms with Crippen molar-refractivity contribution < 1.29 is 23.7 Å². The second-order valence-electron chi connectivity index (χ2n) is 4.46. The third-order valence-electron chi connectivity index (χ3n) is 3.02. The summed E-state index contributed by atoms with van der Waals surface area (Å²) in [5, 5.41) is 5.46. The first-order valence-electron chi connectivity index (χ1n) is 6.95. The number of ether oxygens (including phenoxy) is 4. The fraction of sp³-hybridized carbons (Fsp3) is 0.533. The molecule has 0 unspecified atom stereocenters. The first-order chi connectivity index (χ1) is 10.7. The number of urea groups is 1. The molecule has 1 aromatic carbocycles. The molecule has 7 heteroatoms. The zero-order valence-electron chi connectivity index (χ0n) is 13.5. The van der Waals surface area contributed by atoms with Gasteiger partial charge in [0.15, 0.2) is 11.5 Å². The predicted molar refractivity (Wildman–Crippen MR) is 83.1 cm³/mol. The van der Waals surface area contributed by atoms with Crippen LogP contribution in [0.15, 0.2) is 12.1 Å². The Morgan fingerprint density at radius 1 is 0.955 bits per heavy atom. The molecule has 0 saturated carbocycles. The Kier molecular flexibility index (Phi) is 7.91. The van der Waals surface area contributed by atoms with E-state index in [0.717, 1.165) is 5.56 Å². The molecule has 0 aliphatic rings. The zero-order valence-corrected chi connectivity index (χ0v) is 13.5. The lowest BCUT2D eigenvalue weighted by Crippen LogP contribution is -2.38. The van der Waals surface area contributed by atoms with Crippen LogP contribution in [-0.2, 0) is 11.2 Å². The second-order valence-corrected chi connectivity index (χ2v) is 4.46. The Labute approximate surface area is 130 Å². The second kappa shape index (κ2) is 9.73. The number of methoxy groups -OCH3 is 4. The highest BCUT2D eigenvalue weighted by molar-refractivity contribution is 5.73. The third kappa shape index (κ3) is 5.33. The maximum absolute atomic E-state index is 11.5. The molecule has 22 heavy (non-hydrogen) atoms. The highest BCUT2D eigenvalue weighted by Crippen LogP contribution is 2.38. The van der Waals surface area contributed by atoms with Gasteiger partial charge in [-0.05, 0) is 24.1 Å². The van der Waals surface area contributed by atoms with E-state index in [1.807, 2.05) is 12.1 Å². The van der Waals surface area contributed by atoms with Crippen molar-refractivity contribution in [2.45, 2.75) is 6.42 Å². The molecule has 0 radical (unpaired) electrons. The van der Waals surface area contributed by atoms with Crippen LogP contribution in [0, 0.1) is 0 Å². The van der Waals surface area contributed by atoms with Crippen molar-refractivity contribution >= 4 is 6.03 Å². The normalized spacial score (nSPS) is 10.0. The summed E-state index contributed by atoms with van der Waals surface area (Å²) < 4.78 is 20.7. The van der Waals surface area contributed by atoms with E-state index >= 15 is 0 Å². The molecule has 0 aromatic heterocycles. The molecule has 0 aliphatic carbocycles. The van der Waals surface area contributed by atoms with E-state index in [9.17, 15) is 4.79 Å². The number of benzene rings is 1. The molecule has 0 spiro atoms. The van der Waals surface area contributed by atoms with Crippen molar-refractivity contribution in [2.24, 2.45) is 0 Å². The summed E-state index contributed by atoms with van der Waals surface area (Å²) in [6, 6.07) is 3.52. The van der Waals surface area contributed by atoms with Gasteiger partial charge in [-0.1, -0.05) is 0 Å². The molecule has 0 aliphatic heterocycles. The number of hydrogen-bond acceptors (Lipinski definition) is 5. The van der Waals surface area contributed by atoms with Gasteiger partial charge in [-0.15, -0.1) is 0 Å². The summed E-state index contributed by atoms with van der Waals surface area (Å²) in [6.45, 7) is 1.46. The van der Waals surface area contributed by atoms with Crippen molar-refractivity contribution in [3.8, 4) is 17.2 Å². The fourth-order valence-corrected chi connectivity index (χ4v) is 1.93. The molecule has 0 bridgehead atoms. The summed E-state index contributed by atoms with van der Waals surface area (Å²) >= 11 is 0. The van der Waals surface area contributed by atoms with Gasteiger partial charge in [0.1, 0.15) is 0 Å². The molecule has 1 aromatic rings. The van der Waals surface area contributed by atoms with Crippen LogP contribution in [0.3, 0.4) is 0 Å². The van der Waals surface area contributed by atoms with E-state index in [0.29, 0.717) is 43.4 Å². The highest BCUT2D eigenvalue weighted by atomic mass is 16.5. The lowest BCUT2D eigenvalue weighted by atomic mass is 10.1.